The van der Waals surface area contributed by atoms with Gasteiger partial charge in [-0.05, 0) is 38.1 Å². The summed E-state index contributed by atoms with van der Waals surface area (Å²) in [6.07, 6.45) is -0.408. The molecular weight excluding hydrogens is 360 g/mol. The zero-order valence-corrected chi connectivity index (χ0v) is 14.4. The molecule has 140 valence electrons. The van der Waals surface area contributed by atoms with Gasteiger partial charge in [0.25, 0.3) is 11.8 Å². The molecule has 0 N–H and O–H groups in total. The number of halogens is 2. The van der Waals surface area contributed by atoms with Crippen LogP contribution in [-0.2, 0) is 15.6 Å². The van der Waals surface area contributed by atoms with E-state index in [-0.39, 0.29) is 21.9 Å². The van der Waals surface area contributed by atoms with E-state index in [1.165, 1.54) is 42.5 Å². The van der Waals surface area contributed by atoms with Gasteiger partial charge in [0.2, 0.25) is 0 Å². The summed E-state index contributed by atoms with van der Waals surface area (Å²) in [6, 6.07) is 10.8. The molecule has 3 rings (SSSR count). The van der Waals surface area contributed by atoms with Crippen LogP contribution in [0.3, 0.4) is 0 Å². The van der Waals surface area contributed by atoms with Crippen molar-refractivity contribution in [2.45, 2.75) is 25.9 Å². The van der Waals surface area contributed by atoms with Gasteiger partial charge in [0.15, 0.2) is 0 Å². The quantitative estimate of drug-likeness (QED) is 0.750. The topological polar surface area (TPSA) is 72.9 Å². The molecule has 0 saturated heterocycles. The fourth-order valence-corrected chi connectivity index (χ4v) is 2.58. The molecule has 1 aliphatic heterocycles. The van der Waals surface area contributed by atoms with Gasteiger partial charge in [-0.1, -0.05) is 29.3 Å². The van der Waals surface area contributed by atoms with Crippen molar-refractivity contribution in [2.24, 2.45) is 0 Å². The first kappa shape index (κ1) is 18.5. The molecule has 0 saturated carbocycles. The standard InChI is InChI=1S/C19H15F2NO5/c1-11(2)26-15-10-6-5-9-14(15)19(20,21)18(25)27-22-16(23)12-7-3-4-8-13(12)17(22)24/h3-11H,1-2H3. The average Bonchev–Trinajstić information content (AvgIpc) is 2.87. The summed E-state index contributed by atoms with van der Waals surface area (Å²) in [7, 11) is 0. The first-order valence-electron chi connectivity index (χ1n) is 8.07. The molecule has 0 bridgehead atoms. The average molecular weight is 375 g/mol. The second-order valence-corrected chi connectivity index (χ2v) is 6.07. The second-order valence-electron chi connectivity index (χ2n) is 6.07. The number of ether oxygens (including phenoxy) is 1. The zero-order valence-electron chi connectivity index (χ0n) is 14.4. The third-order valence-corrected chi connectivity index (χ3v) is 3.78. The van der Waals surface area contributed by atoms with Crippen LogP contribution < -0.4 is 4.74 Å². The zero-order chi connectivity index (χ0) is 19.8. The molecule has 2 amide bonds. The first-order chi connectivity index (χ1) is 12.7. The monoisotopic (exact) mass is 375 g/mol. The molecule has 0 atom stereocenters. The molecular formula is C19H15F2NO5. The van der Waals surface area contributed by atoms with Crippen molar-refractivity contribution < 1.29 is 32.7 Å². The van der Waals surface area contributed by atoms with Crippen molar-refractivity contribution in [3.05, 3.63) is 65.2 Å². The third kappa shape index (κ3) is 3.25. The van der Waals surface area contributed by atoms with Crippen LogP contribution >= 0.6 is 0 Å². The minimum absolute atomic E-state index is 0.0258. The molecule has 0 radical (unpaired) electrons. The summed E-state index contributed by atoms with van der Waals surface area (Å²) in [5, 5.41) is 0.0484. The molecule has 2 aromatic carbocycles. The molecule has 0 unspecified atom stereocenters. The predicted molar refractivity (Wildman–Crippen MR) is 89.1 cm³/mol. The normalized spacial score (nSPS) is 13.7. The number of carbonyl (C=O) groups is 3. The van der Waals surface area contributed by atoms with Gasteiger partial charge in [-0.3, -0.25) is 9.59 Å². The summed E-state index contributed by atoms with van der Waals surface area (Å²) in [5.41, 5.74) is -0.773. The van der Waals surface area contributed by atoms with Crippen LogP contribution in [0.5, 0.6) is 5.75 Å². The highest BCUT2D eigenvalue weighted by Crippen LogP contribution is 2.37. The third-order valence-electron chi connectivity index (χ3n) is 3.78. The minimum Gasteiger partial charge on any atom is -0.490 e. The Kier molecular flexibility index (Phi) is 4.65. The molecule has 0 fully saturated rings. The Morgan fingerprint density at radius 2 is 1.48 bits per heavy atom. The van der Waals surface area contributed by atoms with Crippen LogP contribution in [0.1, 0.15) is 40.1 Å². The van der Waals surface area contributed by atoms with Crippen LogP contribution in [0, 0.1) is 0 Å². The largest absolute Gasteiger partial charge is 0.490 e. The van der Waals surface area contributed by atoms with Crippen LogP contribution in [0.2, 0.25) is 0 Å². The van der Waals surface area contributed by atoms with E-state index >= 15 is 0 Å². The molecule has 1 aliphatic rings. The number of hydrogen-bond acceptors (Lipinski definition) is 5. The SMILES string of the molecule is CC(C)Oc1ccccc1C(F)(F)C(=O)ON1C(=O)c2ccccc2C1=O. The van der Waals surface area contributed by atoms with E-state index in [4.69, 9.17) is 4.74 Å². The van der Waals surface area contributed by atoms with Gasteiger partial charge in [-0.15, -0.1) is 0 Å². The van der Waals surface area contributed by atoms with Gasteiger partial charge in [0, 0.05) is 0 Å². The highest BCUT2D eigenvalue weighted by atomic mass is 19.3. The Hall–Kier alpha value is -3.29. The number of alkyl halides is 2. The van der Waals surface area contributed by atoms with E-state index in [2.05, 4.69) is 4.84 Å². The van der Waals surface area contributed by atoms with Crippen molar-refractivity contribution in [1.82, 2.24) is 5.06 Å². The maximum absolute atomic E-state index is 14.7. The van der Waals surface area contributed by atoms with Crippen LogP contribution in [0.25, 0.3) is 0 Å². The number of amides is 2. The van der Waals surface area contributed by atoms with Crippen molar-refractivity contribution >= 4 is 17.8 Å². The van der Waals surface area contributed by atoms with Gasteiger partial charge in [-0.25, -0.2) is 4.79 Å². The first-order valence-corrected chi connectivity index (χ1v) is 8.07. The predicted octanol–water partition coefficient (Wildman–Crippen LogP) is 3.32. The Bertz CT molecular complexity index is 891. The Morgan fingerprint density at radius 3 is 2.04 bits per heavy atom. The van der Waals surface area contributed by atoms with Gasteiger partial charge in [0.1, 0.15) is 5.75 Å². The summed E-state index contributed by atoms with van der Waals surface area (Å²) in [6.45, 7) is 3.29. The molecule has 8 heteroatoms. The van der Waals surface area contributed by atoms with E-state index in [0.717, 1.165) is 6.07 Å². The minimum atomic E-state index is -4.14. The van der Waals surface area contributed by atoms with E-state index in [9.17, 15) is 23.2 Å². The van der Waals surface area contributed by atoms with Crippen LogP contribution in [0.4, 0.5) is 8.78 Å². The Morgan fingerprint density at radius 1 is 0.963 bits per heavy atom. The van der Waals surface area contributed by atoms with Gasteiger partial charge >= 0.3 is 11.9 Å². The van der Waals surface area contributed by atoms with Gasteiger partial charge in [-0.2, -0.15) is 8.78 Å². The van der Waals surface area contributed by atoms with E-state index in [1.54, 1.807) is 13.8 Å². The fourth-order valence-electron chi connectivity index (χ4n) is 2.58. The number of hydrogen-bond donors (Lipinski definition) is 0. The van der Waals surface area contributed by atoms with E-state index in [0.29, 0.717) is 0 Å². The lowest BCUT2D eigenvalue weighted by Gasteiger charge is -2.21. The summed E-state index contributed by atoms with van der Waals surface area (Å²) >= 11 is 0. The number of carbonyl (C=O) groups excluding carboxylic acids is 3. The molecule has 1 heterocycles. The smallest absolute Gasteiger partial charge is 0.407 e. The van der Waals surface area contributed by atoms with Crippen molar-refractivity contribution in [3.8, 4) is 5.75 Å². The molecule has 0 aliphatic carbocycles. The number of benzene rings is 2. The number of fused-ring (bicyclic) bond motifs is 1. The number of rotatable bonds is 5. The van der Waals surface area contributed by atoms with E-state index in [1.807, 2.05) is 0 Å². The van der Waals surface area contributed by atoms with Crippen LogP contribution in [-0.4, -0.2) is 29.0 Å². The summed E-state index contributed by atoms with van der Waals surface area (Å²) in [5.74, 6) is -8.35. The molecule has 0 spiro atoms. The Labute approximate surface area is 153 Å². The van der Waals surface area contributed by atoms with Gasteiger partial charge < -0.3 is 9.57 Å². The lowest BCUT2D eigenvalue weighted by molar-refractivity contribution is -0.198. The fraction of sp³-hybridized carbons (Fsp3) is 0.211. The number of para-hydroxylation sites is 1. The lowest BCUT2D eigenvalue weighted by Crippen LogP contribution is -2.39. The summed E-state index contributed by atoms with van der Waals surface area (Å²) in [4.78, 5) is 41.0. The molecule has 0 aromatic heterocycles. The highest BCUT2D eigenvalue weighted by molar-refractivity contribution is 6.20. The summed E-state index contributed by atoms with van der Waals surface area (Å²) < 4.78 is 34.7. The van der Waals surface area contributed by atoms with E-state index < -0.39 is 35.4 Å². The number of imide groups is 1. The molecule has 27 heavy (non-hydrogen) atoms. The van der Waals surface area contributed by atoms with Crippen molar-refractivity contribution in [3.63, 3.8) is 0 Å². The highest BCUT2D eigenvalue weighted by Gasteiger charge is 2.49. The van der Waals surface area contributed by atoms with Gasteiger partial charge in [0.05, 0.1) is 22.8 Å². The maximum Gasteiger partial charge on any atom is 0.407 e. The maximum atomic E-state index is 14.7. The Balaban J connectivity index is 1.87. The number of nitrogens with zero attached hydrogens (tertiary/aromatic N) is 1. The number of hydroxylamine groups is 2. The lowest BCUT2D eigenvalue weighted by atomic mass is 10.1. The molecule has 2 aromatic rings. The second kappa shape index (κ2) is 6.79. The molecule has 6 nitrogen and oxygen atoms in total. The van der Waals surface area contributed by atoms with Crippen molar-refractivity contribution in [2.75, 3.05) is 0 Å². The van der Waals surface area contributed by atoms with Crippen LogP contribution in [0.15, 0.2) is 48.5 Å². The van der Waals surface area contributed by atoms with Crippen molar-refractivity contribution in [1.29, 1.82) is 0 Å².